The number of nitriles is 3. The van der Waals surface area contributed by atoms with Gasteiger partial charge in [-0.15, -0.1) is 0 Å². The molecule has 6 nitrogen and oxygen atoms in total. The molecule has 1 N–H and O–H groups in total. The number of nitrogens with one attached hydrogen (secondary N) is 1. The fourth-order valence-electron chi connectivity index (χ4n) is 4.49. The first-order chi connectivity index (χ1) is 14.3. The molecule has 0 aromatic heterocycles. The molecule has 30 heavy (non-hydrogen) atoms. The van der Waals surface area contributed by atoms with Crippen molar-refractivity contribution in [2.24, 2.45) is 16.7 Å². The Balaban J connectivity index is 2.03. The van der Waals surface area contributed by atoms with Crippen molar-refractivity contribution in [1.82, 2.24) is 0 Å². The van der Waals surface area contributed by atoms with Crippen LogP contribution in [0.4, 0.5) is 4.39 Å². The van der Waals surface area contributed by atoms with Gasteiger partial charge in [0.2, 0.25) is 17.1 Å². The first kappa shape index (κ1) is 20.0. The predicted octanol–water partition coefficient (Wildman–Crippen LogP) is 4.70. The highest BCUT2D eigenvalue weighted by Gasteiger charge is 2.79. The standard InChI is InChI=1S/C22H14BrFN4O2/c1-13-21(12-27)19(28)30-22(13,15-4-6-16(23)7-5-15)29-18(20(21,10-25)11-26)14-2-8-17(24)9-3-14/h2-9,13,18,28H,1H3. The number of nitrogens with zero attached hydrogens (tertiary/aromatic N) is 3. The van der Waals surface area contributed by atoms with Gasteiger partial charge in [0.05, 0.1) is 24.1 Å². The van der Waals surface area contributed by atoms with Crippen LogP contribution in [0.5, 0.6) is 0 Å². The van der Waals surface area contributed by atoms with E-state index in [0.717, 1.165) is 4.47 Å². The summed E-state index contributed by atoms with van der Waals surface area (Å²) in [5, 5.41) is 39.0. The van der Waals surface area contributed by atoms with Gasteiger partial charge in [0, 0.05) is 10.0 Å². The third kappa shape index (κ3) is 2.25. The summed E-state index contributed by atoms with van der Waals surface area (Å²) in [6, 6.07) is 18.2. The Hall–Kier alpha value is -3.25. The van der Waals surface area contributed by atoms with Crippen LogP contribution in [0, 0.1) is 62.0 Å². The van der Waals surface area contributed by atoms with Crippen molar-refractivity contribution in [2.45, 2.75) is 18.8 Å². The topological polar surface area (TPSA) is 114 Å². The number of benzene rings is 2. The minimum atomic E-state index is -2.08. The lowest BCUT2D eigenvalue weighted by molar-refractivity contribution is -0.288. The van der Waals surface area contributed by atoms with Crippen molar-refractivity contribution >= 4 is 21.8 Å². The van der Waals surface area contributed by atoms with Gasteiger partial charge in [-0.05, 0) is 29.8 Å². The number of fused-ring (bicyclic) bond motifs is 2. The second-order valence-corrected chi connectivity index (χ2v) is 8.24. The molecule has 0 spiro atoms. The second kappa shape index (κ2) is 6.64. The van der Waals surface area contributed by atoms with Crippen molar-refractivity contribution in [3.05, 3.63) is 69.9 Å². The van der Waals surface area contributed by atoms with Crippen molar-refractivity contribution in [3.63, 3.8) is 0 Å². The van der Waals surface area contributed by atoms with E-state index in [9.17, 15) is 20.2 Å². The van der Waals surface area contributed by atoms with E-state index in [4.69, 9.17) is 14.9 Å². The van der Waals surface area contributed by atoms with Crippen LogP contribution in [0.15, 0.2) is 53.0 Å². The molecule has 0 aliphatic carbocycles. The van der Waals surface area contributed by atoms with Crippen LogP contribution in [0.3, 0.4) is 0 Å². The second-order valence-electron chi connectivity index (χ2n) is 7.33. The summed E-state index contributed by atoms with van der Waals surface area (Å²) >= 11 is 3.37. The zero-order valence-electron chi connectivity index (χ0n) is 15.7. The molecule has 0 saturated carbocycles. The normalized spacial score (nSPS) is 31.1. The molecule has 8 heteroatoms. The average molecular weight is 465 g/mol. The Morgan fingerprint density at radius 2 is 1.60 bits per heavy atom. The molecular formula is C22H14BrFN4O2. The van der Waals surface area contributed by atoms with E-state index < -0.39 is 40.4 Å². The van der Waals surface area contributed by atoms with Gasteiger partial charge in [-0.25, -0.2) is 4.39 Å². The third-order valence-corrected chi connectivity index (χ3v) is 6.62. The fourth-order valence-corrected chi connectivity index (χ4v) is 4.75. The molecular weight excluding hydrogens is 451 g/mol. The number of hydrogen-bond acceptors (Lipinski definition) is 6. The van der Waals surface area contributed by atoms with Crippen LogP contribution in [0.2, 0.25) is 0 Å². The van der Waals surface area contributed by atoms with Gasteiger partial charge in [0.1, 0.15) is 11.9 Å². The summed E-state index contributed by atoms with van der Waals surface area (Å²) in [5.74, 6) is -3.40. The first-order valence-electron chi connectivity index (χ1n) is 9.02. The molecule has 2 heterocycles. The molecule has 148 valence electrons. The van der Waals surface area contributed by atoms with E-state index in [2.05, 4.69) is 22.0 Å². The number of halogens is 2. The molecule has 4 atom stereocenters. The minimum absolute atomic E-state index is 0.339. The highest BCUT2D eigenvalue weighted by atomic mass is 79.9. The van der Waals surface area contributed by atoms with E-state index in [1.165, 1.54) is 24.3 Å². The van der Waals surface area contributed by atoms with Crippen molar-refractivity contribution in [3.8, 4) is 18.2 Å². The number of ether oxygens (including phenoxy) is 2. The van der Waals surface area contributed by atoms with E-state index >= 15 is 0 Å². The van der Waals surface area contributed by atoms with Gasteiger partial charge in [0.25, 0.3) is 0 Å². The SMILES string of the molecule is CC1C2(c3ccc(Br)cc3)OC(=N)C1(C#N)C(C#N)(C#N)C(c1ccc(F)cc1)O2. The smallest absolute Gasteiger partial charge is 0.244 e. The van der Waals surface area contributed by atoms with E-state index in [-0.39, 0.29) is 0 Å². The van der Waals surface area contributed by atoms with Gasteiger partial charge < -0.3 is 9.47 Å². The maximum atomic E-state index is 13.5. The molecule has 0 radical (unpaired) electrons. The van der Waals surface area contributed by atoms with Crippen LogP contribution >= 0.6 is 15.9 Å². The lowest BCUT2D eigenvalue weighted by Crippen LogP contribution is -2.57. The van der Waals surface area contributed by atoms with Crippen molar-refractivity contribution < 1.29 is 13.9 Å². The van der Waals surface area contributed by atoms with Gasteiger partial charge >= 0.3 is 0 Å². The summed E-state index contributed by atoms with van der Waals surface area (Å²) in [5.41, 5.74) is -3.09. The molecule has 2 aromatic carbocycles. The van der Waals surface area contributed by atoms with Crippen LogP contribution in [-0.2, 0) is 15.3 Å². The van der Waals surface area contributed by atoms with Crippen LogP contribution in [0.1, 0.15) is 24.2 Å². The maximum Gasteiger partial charge on any atom is 0.244 e. The highest BCUT2D eigenvalue weighted by Crippen LogP contribution is 2.68. The van der Waals surface area contributed by atoms with Gasteiger partial charge in [0.15, 0.2) is 5.41 Å². The highest BCUT2D eigenvalue weighted by molar-refractivity contribution is 9.10. The quantitative estimate of drug-likeness (QED) is 0.691. The van der Waals surface area contributed by atoms with Crippen LogP contribution < -0.4 is 0 Å². The van der Waals surface area contributed by atoms with Crippen LogP contribution in [0.25, 0.3) is 0 Å². The molecule has 2 aliphatic heterocycles. The molecule has 0 amide bonds. The zero-order chi connectivity index (χ0) is 21.7. The minimum Gasteiger partial charge on any atom is -0.443 e. The molecule has 2 aliphatic rings. The molecule has 2 fully saturated rings. The Bertz CT molecular complexity index is 1150. The Kier molecular flexibility index (Phi) is 4.43. The molecule has 4 unspecified atom stereocenters. The molecule has 4 rings (SSSR count). The first-order valence-corrected chi connectivity index (χ1v) is 9.81. The number of hydrogen-bond donors (Lipinski definition) is 1. The lowest BCUT2D eigenvalue weighted by Gasteiger charge is -2.48. The van der Waals surface area contributed by atoms with E-state index in [1.54, 1.807) is 31.2 Å². The average Bonchev–Trinajstić information content (AvgIpc) is 2.91. The Morgan fingerprint density at radius 1 is 1.00 bits per heavy atom. The number of rotatable bonds is 2. The summed E-state index contributed by atoms with van der Waals surface area (Å²) in [6.45, 7) is 1.64. The third-order valence-electron chi connectivity index (χ3n) is 6.09. The summed E-state index contributed by atoms with van der Waals surface area (Å²) in [6.07, 6.45) is -1.25. The lowest BCUT2D eigenvalue weighted by atomic mass is 9.53. The summed E-state index contributed by atoms with van der Waals surface area (Å²) < 4.78 is 26.6. The van der Waals surface area contributed by atoms with Gasteiger partial charge in [-0.2, -0.15) is 15.8 Å². The van der Waals surface area contributed by atoms with E-state index in [0.29, 0.717) is 11.1 Å². The Morgan fingerprint density at radius 3 is 2.13 bits per heavy atom. The van der Waals surface area contributed by atoms with Gasteiger partial charge in [-0.3, -0.25) is 5.41 Å². The zero-order valence-corrected chi connectivity index (χ0v) is 17.3. The monoisotopic (exact) mass is 464 g/mol. The fraction of sp³-hybridized carbons (Fsp3) is 0.273. The van der Waals surface area contributed by atoms with Gasteiger partial charge in [-0.1, -0.05) is 47.1 Å². The molecule has 2 bridgehead atoms. The largest absolute Gasteiger partial charge is 0.443 e. The molecule has 2 saturated heterocycles. The summed E-state index contributed by atoms with van der Waals surface area (Å²) in [4.78, 5) is 0. The van der Waals surface area contributed by atoms with E-state index in [1.807, 2.05) is 12.1 Å². The van der Waals surface area contributed by atoms with Crippen molar-refractivity contribution in [1.29, 1.82) is 21.2 Å². The van der Waals surface area contributed by atoms with Crippen molar-refractivity contribution in [2.75, 3.05) is 0 Å². The maximum absolute atomic E-state index is 13.5. The predicted molar refractivity (Wildman–Crippen MR) is 106 cm³/mol. The summed E-state index contributed by atoms with van der Waals surface area (Å²) in [7, 11) is 0. The Labute approximate surface area is 180 Å². The van der Waals surface area contributed by atoms with Crippen LogP contribution in [-0.4, -0.2) is 5.90 Å². The molecule has 2 aromatic rings.